The van der Waals surface area contributed by atoms with E-state index >= 15 is 0 Å². The van der Waals surface area contributed by atoms with Gasteiger partial charge in [-0.1, -0.05) is 5.16 Å². The third-order valence-electron chi connectivity index (χ3n) is 3.37. The lowest BCUT2D eigenvalue weighted by atomic mass is 9.95. The van der Waals surface area contributed by atoms with Gasteiger partial charge in [0.2, 0.25) is 5.89 Å². The number of methoxy groups -OCH3 is 1. The van der Waals surface area contributed by atoms with E-state index in [1.165, 1.54) is 12.8 Å². The van der Waals surface area contributed by atoms with Crippen LogP contribution in [0.5, 0.6) is 0 Å². The highest BCUT2D eigenvalue weighted by Gasteiger charge is 2.16. The fraction of sp³-hybridized carbons (Fsp3) is 0.833. The van der Waals surface area contributed by atoms with E-state index in [1.807, 2.05) is 6.92 Å². The molecular weight excluding hydrogens is 218 g/mol. The van der Waals surface area contributed by atoms with E-state index in [0.29, 0.717) is 5.82 Å². The van der Waals surface area contributed by atoms with Gasteiger partial charge in [-0.05, 0) is 45.2 Å². The molecule has 0 aromatic carbocycles. The van der Waals surface area contributed by atoms with Gasteiger partial charge in [0, 0.05) is 13.5 Å². The third-order valence-corrected chi connectivity index (χ3v) is 3.37. The van der Waals surface area contributed by atoms with Crippen LogP contribution in [-0.2, 0) is 11.2 Å². The van der Waals surface area contributed by atoms with Crippen molar-refractivity contribution < 1.29 is 9.26 Å². The molecule has 1 fully saturated rings. The Morgan fingerprint density at radius 2 is 2.47 bits per heavy atom. The standard InChI is InChI=1S/C12H21N3O2/c1-9(16-2)12-14-11(17-15-12)6-5-10-4-3-7-13-8-10/h9-10,13H,3-8H2,1-2H3. The SMILES string of the molecule is COC(C)c1noc(CCC2CCCNC2)n1. The van der Waals surface area contributed by atoms with Crippen LogP contribution < -0.4 is 5.32 Å². The summed E-state index contributed by atoms with van der Waals surface area (Å²) in [5.41, 5.74) is 0. The lowest BCUT2D eigenvalue weighted by Crippen LogP contribution is -2.29. The van der Waals surface area contributed by atoms with Crippen LogP contribution in [0.3, 0.4) is 0 Å². The third kappa shape index (κ3) is 3.51. The minimum Gasteiger partial charge on any atom is -0.374 e. The molecule has 5 nitrogen and oxygen atoms in total. The number of piperidine rings is 1. The molecule has 0 spiro atoms. The van der Waals surface area contributed by atoms with Crippen LogP contribution in [0.4, 0.5) is 0 Å². The number of hydrogen-bond donors (Lipinski definition) is 1. The zero-order valence-electron chi connectivity index (χ0n) is 10.6. The second-order valence-corrected chi connectivity index (χ2v) is 4.68. The highest BCUT2D eigenvalue weighted by molar-refractivity contribution is 4.90. The topological polar surface area (TPSA) is 60.2 Å². The number of nitrogens with zero attached hydrogens (tertiary/aromatic N) is 2. The summed E-state index contributed by atoms with van der Waals surface area (Å²) in [6.45, 7) is 4.20. The van der Waals surface area contributed by atoms with Crippen LogP contribution in [0.1, 0.15) is 44.0 Å². The molecule has 17 heavy (non-hydrogen) atoms. The molecule has 2 atom stereocenters. The second kappa shape index (κ2) is 6.12. The van der Waals surface area contributed by atoms with E-state index < -0.39 is 0 Å². The predicted octanol–water partition coefficient (Wildman–Crippen LogP) is 1.71. The Morgan fingerprint density at radius 1 is 1.59 bits per heavy atom. The minimum atomic E-state index is -0.0937. The Kier molecular flexibility index (Phi) is 4.50. The minimum absolute atomic E-state index is 0.0937. The molecule has 0 aliphatic carbocycles. The molecule has 1 N–H and O–H groups in total. The molecule has 1 aliphatic heterocycles. The highest BCUT2D eigenvalue weighted by atomic mass is 16.5. The molecule has 1 saturated heterocycles. The molecule has 0 amide bonds. The summed E-state index contributed by atoms with van der Waals surface area (Å²) >= 11 is 0. The van der Waals surface area contributed by atoms with Crippen LogP contribution >= 0.6 is 0 Å². The summed E-state index contributed by atoms with van der Waals surface area (Å²) in [5.74, 6) is 2.12. The molecule has 0 bridgehead atoms. The molecule has 2 unspecified atom stereocenters. The zero-order chi connectivity index (χ0) is 12.1. The van der Waals surface area contributed by atoms with E-state index in [-0.39, 0.29) is 6.10 Å². The van der Waals surface area contributed by atoms with Crippen LogP contribution in [0, 0.1) is 5.92 Å². The monoisotopic (exact) mass is 239 g/mol. The number of nitrogens with one attached hydrogen (secondary N) is 1. The average Bonchev–Trinajstić information content (AvgIpc) is 2.85. The quantitative estimate of drug-likeness (QED) is 0.847. The lowest BCUT2D eigenvalue weighted by molar-refractivity contribution is 0.109. The number of rotatable bonds is 5. The molecule has 2 rings (SSSR count). The van der Waals surface area contributed by atoms with Gasteiger partial charge >= 0.3 is 0 Å². The van der Waals surface area contributed by atoms with E-state index in [1.54, 1.807) is 7.11 Å². The lowest BCUT2D eigenvalue weighted by Gasteiger charge is -2.21. The van der Waals surface area contributed by atoms with Crippen molar-refractivity contribution in [2.24, 2.45) is 5.92 Å². The number of aryl methyl sites for hydroxylation is 1. The van der Waals surface area contributed by atoms with Crippen LogP contribution in [0.25, 0.3) is 0 Å². The zero-order valence-corrected chi connectivity index (χ0v) is 10.6. The van der Waals surface area contributed by atoms with Gasteiger partial charge in [-0.2, -0.15) is 4.98 Å². The second-order valence-electron chi connectivity index (χ2n) is 4.68. The van der Waals surface area contributed by atoms with E-state index in [4.69, 9.17) is 9.26 Å². The van der Waals surface area contributed by atoms with Crippen molar-refractivity contribution in [2.45, 2.75) is 38.7 Å². The van der Waals surface area contributed by atoms with Gasteiger partial charge in [-0.15, -0.1) is 0 Å². The Balaban J connectivity index is 1.80. The maximum atomic E-state index is 5.22. The summed E-state index contributed by atoms with van der Waals surface area (Å²) in [4.78, 5) is 4.34. The predicted molar refractivity (Wildman–Crippen MR) is 63.6 cm³/mol. The van der Waals surface area contributed by atoms with Crippen LogP contribution in [-0.4, -0.2) is 30.3 Å². The van der Waals surface area contributed by atoms with Crippen LogP contribution in [0.15, 0.2) is 4.52 Å². The molecule has 1 aromatic rings. The molecule has 1 aromatic heterocycles. The van der Waals surface area contributed by atoms with Crippen molar-refractivity contribution in [3.63, 3.8) is 0 Å². The maximum absolute atomic E-state index is 5.22. The summed E-state index contributed by atoms with van der Waals surface area (Å²) in [7, 11) is 1.65. The van der Waals surface area contributed by atoms with Crippen molar-refractivity contribution in [3.8, 4) is 0 Å². The summed E-state index contributed by atoms with van der Waals surface area (Å²) in [6, 6.07) is 0. The fourth-order valence-corrected chi connectivity index (χ4v) is 2.14. The first-order valence-corrected chi connectivity index (χ1v) is 6.35. The molecule has 0 radical (unpaired) electrons. The Labute approximate surface area is 102 Å². The number of hydrogen-bond acceptors (Lipinski definition) is 5. The van der Waals surface area contributed by atoms with Crippen molar-refractivity contribution in [1.29, 1.82) is 0 Å². The average molecular weight is 239 g/mol. The highest BCUT2D eigenvalue weighted by Crippen LogP contribution is 2.17. The molecular formula is C12H21N3O2. The largest absolute Gasteiger partial charge is 0.374 e. The van der Waals surface area contributed by atoms with Crippen molar-refractivity contribution in [1.82, 2.24) is 15.5 Å². The van der Waals surface area contributed by atoms with Crippen molar-refractivity contribution in [2.75, 3.05) is 20.2 Å². The van der Waals surface area contributed by atoms with Gasteiger partial charge in [0.15, 0.2) is 5.82 Å². The first kappa shape index (κ1) is 12.5. The first-order chi connectivity index (χ1) is 8.29. The van der Waals surface area contributed by atoms with Gasteiger partial charge in [0.1, 0.15) is 6.10 Å². The van der Waals surface area contributed by atoms with E-state index in [0.717, 1.165) is 37.7 Å². The summed E-state index contributed by atoms with van der Waals surface area (Å²) < 4.78 is 10.4. The molecule has 5 heteroatoms. The van der Waals surface area contributed by atoms with Crippen molar-refractivity contribution >= 4 is 0 Å². The Bertz CT molecular complexity index is 334. The summed E-state index contributed by atoms with van der Waals surface area (Å²) in [6.07, 6.45) is 4.48. The molecule has 2 heterocycles. The van der Waals surface area contributed by atoms with Gasteiger partial charge < -0.3 is 14.6 Å². The summed E-state index contributed by atoms with van der Waals surface area (Å²) in [5, 5.41) is 7.34. The molecule has 96 valence electrons. The van der Waals surface area contributed by atoms with Gasteiger partial charge in [-0.25, -0.2) is 0 Å². The first-order valence-electron chi connectivity index (χ1n) is 6.35. The van der Waals surface area contributed by atoms with Gasteiger partial charge in [0.05, 0.1) is 0 Å². The van der Waals surface area contributed by atoms with Gasteiger partial charge in [-0.3, -0.25) is 0 Å². The van der Waals surface area contributed by atoms with E-state index in [2.05, 4.69) is 15.5 Å². The maximum Gasteiger partial charge on any atom is 0.226 e. The Hall–Kier alpha value is -0.940. The van der Waals surface area contributed by atoms with E-state index in [9.17, 15) is 0 Å². The van der Waals surface area contributed by atoms with Crippen molar-refractivity contribution in [3.05, 3.63) is 11.7 Å². The Morgan fingerprint density at radius 3 is 3.18 bits per heavy atom. The smallest absolute Gasteiger partial charge is 0.226 e. The number of ether oxygens (including phenoxy) is 1. The number of aromatic nitrogens is 2. The normalized spacial score (nSPS) is 22.6. The molecule has 0 saturated carbocycles. The molecule has 1 aliphatic rings. The fourth-order valence-electron chi connectivity index (χ4n) is 2.14. The van der Waals surface area contributed by atoms with Gasteiger partial charge in [0.25, 0.3) is 0 Å². The van der Waals surface area contributed by atoms with Crippen LogP contribution in [0.2, 0.25) is 0 Å².